The monoisotopic (exact) mass is 488 g/mol. The van der Waals surface area contributed by atoms with E-state index in [0.29, 0.717) is 26.3 Å². The minimum atomic E-state index is 0.431. The van der Waals surface area contributed by atoms with Crippen LogP contribution < -0.4 is 18.4 Å². The first-order valence-corrected chi connectivity index (χ1v) is 14.5. The SMILES string of the molecule is COc1ccc([Se][Se]c2ccc(OC)cc2CN(C)C)c(CN(C)C)c1. The zero-order valence-corrected chi connectivity index (χ0v) is 19.8. The van der Waals surface area contributed by atoms with Gasteiger partial charge >= 0.3 is 169 Å². The molecule has 4 nitrogen and oxygen atoms in total. The van der Waals surface area contributed by atoms with Crippen LogP contribution in [0.15, 0.2) is 36.4 Å². The van der Waals surface area contributed by atoms with E-state index >= 15 is 0 Å². The Kier molecular flexibility index (Phi) is 8.49. The van der Waals surface area contributed by atoms with Gasteiger partial charge in [0, 0.05) is 0 Å². The van der Waals surface area contributed by atoms with Crippen molar-refractivity contribution in [2.45, 2.75) is 13.1 Å². The summed E-state index contributed by atoms with van der Waals surface area (Å²) in [6.45, 7) is 1.88. The van der Waals surface area contributed by atoms with Crippen molar-refractivity contribution in [1.29, 1.82) is 0 Å². The Morgan fingerprint density at radius 2 is 1.08 bits per heavy atom. The Morgan fingerprint density at radius 1 is 0.692 bits per heavy atom. The number of rotatable bonds is 9. The standard InChI is InChI=1S/C20H28N2O2Se2/c1-21(2)13-15-11-17(23-5)7-9-19(15)25-26-20-10-8-18(24-6)12-16(20)14-22(3)4/h7-12H,13-14H2,1-6H3. The molecule has 2 rings (SSSR count). The molecule has 0 aliphatic rings. The molecule has 142 valence electrons. The normalized spacial score (nSPS) is 11.2. The third-order valence-corrected chi connectivity index (χ3v) is 11.2. The Balaban J connectivity index is 2.22. The van der Waals surface area contributed by atoms with Crippen LogP contribution >= 0.6 is 0 Å². The van der Waals surface area contributed by atoms with Gasteiger partial charge in [-0.2, -0.15) is 0 Å². The van der Waals surface area contributed by atoms with Gasteiger partial charge in [-0.15, -0.1) is 0 Å². The Bertz CT molecular complexity index is 659. The van der Waals surface area contributed by atoms with Crippen molar-refractivity contribution in [2.75, 3.05) is 42.4 Å². The summed E-state index contributed by atoms with van der Waals surface area (Å²) in [4.78, 5) is 4.43. The zero-order chi connectivity index (χ0) is 19.1. The van der Waals surface area contributed by atoms with E-state index in [1.807, 2.05) is 0 Å². The van der Waals surface area contributed by atoms with Crippen molar-refractivity contribution >= 4 is 35.2 Å². The van der Waals surface area contributed by atoms with E-state index in [-0.39, 0.29) is 0 Å². The van der Waals surface area contributed by atoms with Gasteiger partial charge in [0.15, 0.2) is 0 Å². The molecular formula is C20H28N2O2Se2. The Labute approximate surface area is 168 Å². The van der Waals surface area contributed by atoms with Crippen molar-refractivity contribution in [2.24, 2.45) is 0 Å². The molecule has 0 saturated heterocycles. The number of hydrogen-bond donors (Lipinski definition) is 0. The van der Waals surface area contributed by atoms with Gasteiger partial charge < -0.3 is 0 Å². The average Bonchev–Trinajstić information content (AvgIpc) is 2.60. The van der Waals surface area contributed by atoms with Crippen LogP contribution in [0.25, 0.3) is 0 Å². The minimum absolute atomic E-state index is 0.431. The van der Waals surface area contributed by atoms with Crippen molar-refractivity contribution < 1.29 is 9.47 Å². The van der Waals surface area contributed by atoms with Crippen LogP contribution in [-0.2, 0) is 13.1 Å². The van der Waals surface area contributed by atoms with Gasteiger partial charge in [0.05, 0.1) is 0 Å². The number of hydrogen-bond acceptors (Lipinski definition) is 4. The Hall–Kier alpha value is -1.00. The predicted octanol–water partition coefficient (Wildman–Crippen LogP) is 1.10. The first-order chi connectivity index (χ1) is 12.4. The van der Waals surface area contributed by atoms with Crippen LogP contribution in [0.2, 0.25) is 0 Å². The summed E-state index contributed by atoms with van der Waals surface area (Å²) in [6.07, 6.45) is 0. The quantitative estimate of drug-likeness (QED) is 0.496. The summed E-state index contributed by atoms with van der Waals surface area (Å²) in [5.74, 6) is 1.87. The van der Waals surface area contributed by atoms with Crippen molar-refractivity contribution in [3.8, 4) is 11.5 Å². The fourth-order valence-corrected chi connectivity index (χ4v) is 9.91. The fourth-order valence-electron chi connectivity index (χ4n) is 2.55. The third kappa shape index (κ3) is 6.31. The molecule has 0 atom stereocenters. The molecule has 0 aromatic heterocycles. The third-order valence-electron chi connectivity index (χ3n) is 3.73. The molecule has 26 heavy (non-hydrogen) atoms. The van der Waals surface area contributed by atoms with Crippen LogP contribution in [0.3, 0.4) is 0 Å². The summed E-state index contributed by atoms with van der Waals surface area (Å²) in [5, 5.41) is 0. The van der Waals surface area contributed by atoms with Gasteiger partial charge in [0.1, 0.15) is 0 Å². The van der Waals surface area contributed by atoms with Gasteiger partial charge in [0.25, 0.3) is 0 Å². The van der Waals surface area contributed by atoms with E-state index in [1.54, 1.807) is 14.2 Å². The molecule has 0 fully saturated rings. The van der Waals surface area contributed by atoms with E-state index < -0.39 is 0 Å². The molecule has 0 saturated carbocycles. The first kappa shape index (κ1) is 21.3. The van der Waals surface area contributed by atoms with E-state index in [1.165, 1.54) is 20.1 Å². The summed E-state index contributed by atoms with van der Waals surface area (Å²) < 4.78 is 13.8. The van der Waals surface area contributed by atoms with Crippen molar-refractivity contribution in [3.63, 3.8) is 0 Å². The molecule has 0 aliphatic heterocycles. The number of benzene rings is 2. The fraction of sp³-hybridized carbons (Fsp3) is 0.400. The molecule has 0 unspecified atom stereocenters. The number of ether oxygens (including phenoxy) is 2. The molecule has 0 radical (unpaired) electrons. The molecular weight excluding hydrogens is 458 g/mol. The predicted molar refractivity (Wildman–Crippen MR) is 112 cm³/mol. The molecule has 2 aromatic carbocycles. The topological polar surface area (TPSA) is 24.9 Å². The summed E-state index contributed by atoms with van der Waals surface area (Å²) in [5.41, 5.74) is 2.75. The molecule has 2 aromatic rings. The van der Waals surface area contributed by atoms with Gasteiger partial charge in [-0.05, 0) is 0 Å². The van der Waals surface area contributed by atoms with Crippen LogP contribution in [0.4, 0.5) is 0 Å². The van der Waals surface area contributed by atoms with Crippen LogP contribution in [-0.4, -0.2) is 78.5 Å². The van der Waals surface area contributed by atoms with Gasteiger partial charge in [-0.1, -0.05) is 0 Å². The molecule has 0 bridgehead atoms. The van der Waals surface area contributed by atoms with Gasteiger partial charge in [-0.3, -0.25) is 0 Å². The molecule has 0 amide bonds. The van der Waals surface area contributed by atoms with Gasteiger partial charge in [-0.25, -0.2) is 0 Å². The second-order valence-electron chi connectivity index (χ2n) is 6.59. The number of methoxy groups -OCH3 is 2. The van der Waals surface area contributed by atoms with Gasteiger partial charge in [0.2, 0.25) is 0 Å². The maximum atomic E-state index is 5.42. The van der Waals surface area contributed by atoms with Crippen LogP contribution in [0.5, 0.6) is 11.5 Å². The van der Waals surface area contributed by atoms with Crippen molar-refractivity contribution in [3.05, 3.63) is 47.5 Å². The summed E-state index contributed by atoms with van der Waals surface area (Å²) in [7, 11) is 11.9. The molecule has 0 heterocycles. The molecule has 0 N–H and O–H groups in total. The summed E-state index contributed by atoms with van der Waals surface area (Å²) >= 11 is 0.862. The first-order valence-electron chi connectivity index (χ1n) is 8.40. The number of nitrogens with zero attached hydrogens (tertiary/aromatic N) is 2. The second-order valence-corrected chi connectivity index (χ2v) is 12.8. The zero-order valence-electron chi connectivity index (χ0n) is 16.4. The van der Waals surface area contributed by atoms with E-state index in [0.717, 1.165) is 24.6 Å². The van der Waals surface area contributed by atoms with E-state index in [2.05, 4.69) is 74.4 Å². The average molecular weight is 486 g/mol. The Morgan fingerprint density at radius 3 is 1.38 bits per heavy atom. The van der Waals surface area contributed by atoms with Crippen LogP contribution in [0, 0.1) is 0 Å². The molecule has 0 aliphatic carbocycles. The summed E-state index contributed by atoms with van der Waals surface area (Å²) in [6, 6.07) is 13.0. The van der Waals surface area contributed by atoms with E-state index in [9.17, 15) is 0 Å². The van der Waals surface area contributed by atoms with E-state index in [4.69, 9.17) is 9.47 Å². The molecule has 0 spiro atoms. The second kappa shape index (κ2) is 10.4. The van der Waals surface area contributed by atoms with Crippen LogP contribution in [0.1, 0.15) is 11.1 Å². The van der Waals surface area contributed by atoms with Crippen molar-refractivity contribution in [1.82, 2.24) is 9.80 Å². The molecule has 6 heteroatoms. The maximum absolute atomic E-state index is 5.42.